The minimum absolute atomic E-state index is 0.163. The molecule has 0 bridgehead atoms. The predicted octanol–water partition coefficient (Wildman–Crippen LogP) is 5.59. The van der Waals surface area contributed by atoms with Crippen molar-refractivity contribution >= 4 is 16.7 Å². The van der Waals surface area contributed by atoms with Crippen LogP contribution in [0.15, 0.2) is 30.3 Å². The van der Waals surface area contributed by atoms with Crippen LogP contribution in [0.1, 0.15) is 64.4 Å². The zero-order valence-corrected chi connectivity index (χ0v) is 12.9. The molecule has 0 unspecified atom stereocenters. The van der Waals surface area contributed by atoms with E-state index in [1.54, 1.807) is 0 Å². The lowest BCUT2D eigenvalue weighted by molar-refractivity contribution is 0.0984. The standard InChI is InChI=1S/C11H11NO.2C3H8/c1-2-11(13)10-7-8-5-3-4-6-9(8)12-10;2*1-3-2/h3-7,12H,2H2,1H3;2*3H2,1-2H3. The van der Waals surface area contributed by atoms with Gasteiger partial charge in [0, 0.05) is 17.3 Å². The summed E-state index contributed by atoms with van der Waals surface area (Å²) in [5, 5.41) is 1.10. The van der Waals surface area contributed by atoms with Crippen LogP contribution in [-0.2, 0) is 0 Å². The van der Waals surface area contributed by atoms with Crippen molar-refractivity contribution in [3.8, 4) is 0 Å². The summed E-state index contributed by atoms with van der Waals surface area (Å²) in [6.45, 7) is 10.4. The highest BCUT2D eigenvalue weighted by Gasteiger charge is 2.05. The molecule has 0 aliphatic heterocycles. The van der Waals surface area contributed by atoms with Crippen molar-refractivity contribution in [1.82, 2.24) is 4.98 Å². The quantitative estimate of drug-likeness (QED) is 0.702. The van der Waals surface area contributed by atoms with Crippen LogP contribution in [0.5, 0.6) is 0 Å². The number of nitrogens with one attached hydrogen (secondary N) is 1. The number of aromatic amines is 1. The van der Waals surface area contributed by atoms with E-state index in [9.17, 15) is 4.79 Å². The summed E-state index contributed by atoms with van der Waals surface area (Å²) in [6, 6.07) is 9.80. The molecule has 1 aromatic heterocycles. The summed E-state index contributed by atoms with van der Waals surface area (Å²) in [4.78, 5) is 14.4. The van der Waals surface area contributed by atoms with Gasteiger partial charge >= 0.3 is 0 Å². The molecule has 0 saturated carbocycles. The molecular weight excluding hydrogens is 234 g/mol. The Kier molecular flexibility index (Phi) is 9.51. The Labute approximate surface area is 117 Å². The molecule has 0 aliphatic carbocycles. The third-order valence-electron chi connectivity index (χ3n) is 2.15. The summed E-state index contributed by atoms with van der Waals surface area (Å²) in [6.07, 6.45) is 3.05. The van der Waals surface area contributed by atoms with E-state index < -0.39 is 0 Å². The number of ketones is 1. The second-order valence-corrected chi connectivity index (χ2v) is 4.46. The van der Waals surface area contributed by atoms with Gasteiger partial charge in [0.1, 0.15) is 0 Å². The molecule has 0 aliphatic rings. The molecule has 1 aromatic carbocycles. The van der Waals surface area contributed by atoms with Crippen molar-refractivity contribution in [3.05, 3.63) is 36.0 Å². The third-order valence-corrected chi connectivity index (χ3v) is 2.15. The van der Waals surface area contributed by atoms with E-state index in [0.29, 0.717) is 12.1 Å². The summed E-state index contributed by atoms with van der Waals surface area (Å²) >= 11 is 0. The second kappa shape index (κ2) is 10.4. The zero-order chi connectivity index (χ0) is 14.7. The Hall–Kier alpha value is -1.57. The molecule has 0 radical (unpaired) electrons. The molecule has 0 amide bonds. The first-order valence-corrected chi connectivity index (χ1v) is 7.25. The van der Waals surface area contributed by atoms with Crippen LogP contribution in [0.2, 0.25) is 0 Å². The first-order valence-electron chi connectivity index (χ1n) is 7.25. The van der Waals surface area contributed by atoms with E-state index in [4.69, 9.17) is 0 Å². The molecule has 0 spiro atoms. The largest absolute Gasteiger partial charge is 0.352 e. The Morgan fingerprint density at radius 1 is 1.00 bits per heavy atom. The number of hydrogen-bond acceptors (Lipinski definition) is 1. The van der Waals surface area contributed by atoms with Gasteiger partial charge in [0.15, 0.2) is 5.78 Å². The van der Waals surface area contributed by atoms with Gasteiger partial charge in [-0.1, -0.05) is 65.7 Å². The molecule has 2 rings (SSSR count). The lowest BCUT2D eigenvalue weighted by atomic mass is 10.2. The number of hydrogen-bond donors (Lipinski definition) is 1. The fourth-order valence-corrected chi connectivity index (χ4v) is 1.41. The Bertz CT molecular complexity index is 436. The number of Topliss-reactive ketones (excluding diaryl/α,β-unsaturated/α-hetero) is 1. The predicted molar refractivity (Wildman–Crippen MR) is 84.9 cm³/mol. The molecule has 0 saturated heterocycles. The van der Waals surface area contributed by atoms with Gasteiger partial charge in [0.05, 0.1) is 5.69 Å². The van der Waals surface area contributed by atoms with Crippen LogP contribution >= 0.6 is 0 Å². The number of para-hydroxylation sites is 1. The van der Waals surface area contributed by atoms with Crippen molar-refractivity contribution in [2.24, 2.45) is 0 Å². The summed E-state index contributed by atoms with van der Waals surface area (Å²) in [7, 11) is 0. The Morgan fingerprint density at radius 2 is 1.53 bits per heavy atom. The molecule has 1 N–H and O–H groups in total. The van der Waals surface area contributed by atoms with E-state index in [0.717, 1.165) is 10.9 Å². The minimum Gasteiger partial charge on any atom is -0.352 e. The number of carbonyl (C=O) groups is 1. The smallest absolute Gasteiger partial charge is 0.178 e. The first kappa shape index (κ1) is 17.4. The molecule has 2 heteroatoms. The van der Waals surface area contributed by atoms with Gasteiger partial charge in [-0.3, -0.25) is 4.79 Å². The summed E-state index contributed by atoms with van der Waals surface area (Å²) in [5.41, 5.74) is 1.74. The topological polar surface area (TPSA) is 32.9 Å². The highest BCUT2D eigenvalue weighted by molar-refractivity contribution is 5.99. The number of carbonyl (C=O) groups excluding carboxylic acids is 1. The average molecular weight is 261 g/mol. The first-order chi connectivity index (χ1) is 9.14. The van der Waals surface area contributed by atoms with Crippen LogP contribution in [0, 0.1) is 0 Å². The molecule has 2 nitrogen and oxygen atoms in total. The van der Waals surface area contributed by atoms with Crippen molar-refractivity contribution < 1.29 is 4.79 Å². The number of rotatable bonds is 2. The van der Waals surface area contributed by atoms with Crippen LogP contribution in [0.25, 0.3) is 10.9 Å². The van der Waals surface area contributed by atoms with E-state index >= 15 is 0 Å². The van der Waals surface area contributed by atoms with Gasteiger partial charge in [-0.2, -0.15) is 0 Å². The highest BCUT2D eigenvalue weighted by Crippen LogP contribution is 2.15. The van der Waals surface area contributed by atoms with Crippen LogP contribution in [0.4, 0.5) is 0 Å². The van der Waals surface area contributed by atoms with Crippen molar-refractivity contribution in [3.63, 3.8) is 0 Å². The average Bonchev–Trinajstić information content (AvgIpc) is 2.83. The van der Waals surface area contributed by atoms with Crippen molar-refractivity contribution in [2.75, 3.05) is 0 Å². The van der Waals surface area contributed by atoms with E-state index in [1.807, 2.05) is 37.3 Å². The SMILES string of the molecule is CCC.CCC.CCC(=O)c1cc2ccccc2[nH]1. The number of aromatic nitrogens is 1. The Balaban J connectivity index is 0.000000465. The highest BCUT2D eigenvalue weighted by atomic mass is 16.1. The number of H-pyrrole nitrogens is 1. The van der Waals surface area contributed by atoms with Gasteiger partial charge in [-0.05, 0) is 12.1 Å². The van der Waals surface area contributed by atoms with Crippen LogP contribution in [-0.4, -0.2) is 10.8 Å². The van der Waals surface area contributed by atoms with E-state index in [1.165, 1.54) is 12.8 Å². The number of fused-ring (bicyclic) bond motifs is 1. The molecule has 0 fully saturated rings. The third kappa shape index (κ3) is 6.23. The van der Waals surface area contributed by atoms with Gasteiger partial charge in [0.2, 0.25) is 0 Å². The maximum atomic E-state index is 11.4. The lowest BCUT2D eigenvalue weighted by Gasteiger charge is -1.89. The molecule has 2 aromatic rings. The fraction of sp³-hybridized carbons (Fsp3) is 0.471. The molecule has 1 heterocycles. The lowest BCUT2D eigenvalue weighted by Crippen LogP contribution is -1.95. The van der Waals surface area contributed by atoms with Crippen molar-refractivity contribution in [1.29, 1.82) is 0 Å². The minimum atomic E-state index is 0.163. The molecular formula is C17H27NO. The second-order valence-electron chi connectivity index (χ2n) is 4.46. The maximum Gasteiger partial charge on any atom is 0.178 e. The van der Waals surface area contributed by atoms with E-state index in [-0.39, 0.29) is 5.78 Å². The monoisotopic (exact) mass is 261 g/mol. The van der Waals surface area contributed by atoms with Crippen molar-refractivity contribution in [2.45, 2.75) is 53.9 Å². The summed E-state index contributed by atoms with van der Waals surface area (Å²) in [5.74, 6) is 0.163. The van der Waals surface area contributed by atoms with Crippen LogP contribution in [0.3, 0.4) is 0 Å². The normalized spacial score (nSPS) is 9.11. The van der Waals surface area contributed by atoms with E-state index in [2.05, 4.69) is 32.7 Å². The Morgan fingerprint density at radius 3 is 2.00 bits per heavy atom. The van der Waals surface area contributed by atoms with Gasteiger partial charge in [-0.15, -0.1) is 0 Å². The zero-order valence-electron chi connectivity index (χ0n) is 12.9. The summed E-state index contributed by atoms with van der Waals surface area (Å²) < 4.78 is 0. The van der Waals surface area contributed by atoms with Gasteiger partial charge in [0.25, 0.3) is 0 Å². The fourth-order valence-electron chi connectivity index (χ4n) is 1.41. The molecule has 19 heavy (non-hydrogen) atoms. The van der Waals surface area contributed by atoms with Crippen LogP contribution < -0.4 is 0 Å². The van der Waals surface area contributed by atoms with Gasteiger partial charge in [-0.25, -0.2) is 0 Å². The number of benzene rings is 1. The molecule has 106 valence electrons. The maximum absolute atomic E-state index is 11.4. The van der Waals surface area contributed by atoms with Gasteiger partial charge < -0.3 is 4.98 Å². The molecule has 0 atom stereocenters.